The number of benzene rings is 2. The number of hydrogen-bond acceptors (Lipinski definition) is 4. The minimum atomic E-state index is -0.240. The van der Waals surface area contributed by atoms with E-state index in [2.05, 4.69) is 54.3 Å². The van der Waals surface area contributed by atoms with Gasteiger partial charge in [-0.1, -0.05) is 29.8 Å². The lowest BCUT2D eigenvalue weighted by molar-refractivity contribution is 0.628. The highest BCUT2D eigenvalue weighted by atomic mass is 32.1. The van der Waals surface area contributed by atoms with Crippen molar-refractivity contribution in [2.24, 2.45) is 0 Å². The van der Waals surface area contributed by atoms with E-state index in [9.17, 15) is 4.39 Å². The molecule has 0 radical (unpaired) electrons. The average Bonchev–Trinajstić information content (AvgIpc) is 2.95. The van der Waals surface area contributed by atoms with Crippen LogP contribution in [0.1, 0.15) is 16.0 Å². The van der Waals surface area contributed by atoms with Crippen LogP contribution in [0.5, 0.6) is 0 Å². The maximum absolute atomic E-state index is 13.4. The van der Waals surface area contributed by atoms with E-state index in [0.29, 0.717) is 0 Å². The molecule has 0 saturated carbocycles. The highest BCUT2D eigenvalue weighted by molar-refractivity contribution is 7.19. The lowest BCUT2D eigenvalue weighted by Gasteiger charge is -2.12. The summed E-state index contributed by atoms with van der Waals surface area (Å²) in [6.07, 6.45) is 1.58. The third-order valence-electron chi connectivity index (χ3n) is 4.43. The minimum absolute atomic E-state index is 0.240. The van der Waals surface area contributed by atoms with Gasteiger partial charge in [0.25, 0.3) is 0 Å². The number of hydrogen-bond donors (Lipinski definition) is 1. The van der Waals surface area contributed by atoms with Gasteiger partial charge < -0.3 is 5.32 Å². The van der Waals surface area contributed by atoms with Gasteiger partial charge in [-0.3, -0.25) is 0 Å². The fraction of sp³-hybridized carbons (Fsp3) is 0.143. The van der Waals surface area contributed by atoms with Gasteiger partial charge in [0, 0.05) is 16.1 Å². The molecule has 0 aliphatic carbocycles. The summed E-state index contributed by atoms with van der Waals surface area (Å²) in [6.45, 7) is 6.22. The maximum atomic E-state index is 13.4. The molecule has 2 aromatic heterocycles. The first-order chi connectivity index (χ1) is 12.5. The summed E-state index contributed by atoms with van der Waals surface area (Å²) in [5.41, 5.74) is 5.42. The first-order valence-electron chi connectivity index (χ1n) is 8.37. The Morgan fingerprint density at radius 2 is 1.73 bits per heavy atom. The Morgan fingerprint density at radius 1 is 0.962 bits per heavy atom. The standard InChI is InChI=1S/C21H18FN3S/c1-12-4-9-17(13(2)10-12)25-20-19-18(15-5-7-16(22)8-6-15)14(3)26-21(19)24-11-23-20/h4-11H,1-3H3,(H,23,24,25). The molecule has 2 heterocycles. The van der Waals surface area contributed by atoms with Gasteiger partial charge in [0.1, 0.15) is 22.8 Å². The number of thiophene rings is 1. The molecule has 4 rings (SSSR count). The van der Waals surface area contributed by atoms with Crippen molar-refractivity contribution in [1.82, 2.24) is 9.97 Å². The van der Waals surface area contributed by atoms with Crippen LogP contribution in [-0.4, -0.2) is 9.97 Å². The smallest absolute Gasteiger partial charge is 0.143 e. The number of rotatable bonds is 3. The molecule has 0 aliphatic heterocycles. The van der Waals surface area contributed by atoms with Crippen LogP contribution in [0.25, 0.3) is 21.3 Å². The number of aromatic nitrogens is 2. The molecule has 26 heavy (non-hydrogen) atoms. The minimum Gasteiger partial charge on any atom is -0.339 e. The summed E-state index contributed by atoms with van der Waals surface area (Å²) in [6, 6.07) is 12.9. The normalized spacial score (nSPS) is 11.1. The molecule has 0 spiro atoms. The molecule has 0 atom stereocenters. The van der Waals surface area contributed by atoms with E-state index in [1.54, 1.807) is 29.8 Å². The fourth-order valence-corrected chi connectivity index (χ4v) is 4.20. The van der Waals surface area contributed by atoms with Gasteiger partial charge >= 0.3 is 0 Å². The van der Waals surface area contributed by atoms with Crippen molar-refractivity contribution < 1.29 is 4.39 Å². The predicted molar refractivity (Wildman–Crippen MR) is 107 cm³/mol. The monoisotopic (exact) mass is 363 g/mol. The first-order valence-corrected chi connectivity index (χ1v) is 9.19. The third-order valence-corrected chi connectivity index (χ3v) is 5.45. The Labute approximate surface area is 155 Å². The quantitative estimate of drug-likeness (QED) is 0.473. The van der Waals surface area contributed by atoms with E-state index in [1.165, 1.54) is 17.7 Å². The van der Waals surface area contributed by atoms with Gasteiger partial charge in [-0.25, -0.2) is 14.4 Å². The Bertz CT molecular complexity index is 1100. The van der Waals surface area contributed by atoms with Crippen LogP contribution in [0, 0.1) is 26.6 Å². The number of aryl methyl sites for hydroxylation is 3. The second-order valence-corrected chi connectivity index (χ2v) is 7.59. The average molecular weight is 363 g/mol. The Morgan fingerprint density at radius 3 is 2.46 bits per heavy atom. The molecule has 0 fully saturated rings. The Balaban J connectivity index is 1.89. The van der Waals surface area contributed by atoms with Crippen molar-refractivity contribution in [3.63, 3.8) is 0 Å². The summed E-state index contributed by atoms with van der Waals surface area (Å²) in [5, 5.41) is 4.43. The summed E-state index contributed by atoms with van der Waals surface area (Å²) >= 11 is 1.62. The van der Waals surface area contributed by atoms with Crippen LogP contribution in [0.2, 0.25) is 0 Å². The number of nitrogens with one attached hydrogen (secondary N) is 1. The van der Waals surface area contributed by atoms with Crippen LogP contribution in [0.4, 0.5) is 15.9 Å². The van der Waals surface area contributed by atoms with Gasteiger partial charge in [-0.2, -0.15) is 0 Å². The SMILES string of the molecule is Cc1ccc(Nc2ncnc3sc(C)c(-c4ccc(F)cc4)c23)c(C)c1. The highest BCUT2D eigenvalue weighted by Crippen LogP contribution is 2.41. The molecule has 3 nitrogen and oxygen atoms in total. The maximum Gasteiger partial charge on any atom is 0.143 e. The van der Waals surface area contributed by atoms with E-state index < -0.39 is 0 Å². The lowest BCUT2D eigenvalue weighted by Crippen LogP contribution is -1.98. The molecule has 130 valence electrons. The molecule has 5 heteroatoms. The van der Waals surface area contributed by atoms with Gasteiger partial charge in [0.05, 0.1) is 5.39 Å². The van der Waals surface area contributed by atoms with Gasteiger partial charge in [-0.15, -0.1) is 11.3 Å². The van der Waals surface area contributed by atoms with Crippen LogP contribution in [0.15, 0.2) is 48.8 Å². The van der Waals surface area contributed by atoms with E-state index in [-0.39, 0.29) is 5.82 Å². The van der Waals surface area contributed by atoms with Crippen LogP contribution >= 0.6 is 11.3 Å². The zero-order valence-electron chi connectivity index (χ0n) is 14.8. The Kier molecular flexibility index (Phi) is 4.17. The second-order valence-electron chi connectivity index (χ2n) is 6.39. The summed E-state index contributed by atoms with van der Waals surface area (Å²) in [7, 11) is 0. The van der Waals surface area contributed by atoms with Crippen molar-refractivity contribution in [1.29, 1.82) is 0 Å². The van der Waals surface area contributed by atoms with E-state index in [0.717, 1.165) is 43.3 Å². The zero-order valence-corrected chi connectivity index (χ0v) is 15.6. The largest absolute Gasteiger partial charge is 0.339 e. The first kappa shape index (κ1) is 16.7. The van der Waals surface area contributed by atoms with Crippen molar-refractivity contribution >= 4 is 33.1 Å². The molecule has 0 aliphatic rings. The molecule has 0 bridgehead atoms. The van der Waals surface area contributed by atoms with Crippen molar-refractivity contribution in [3.05, 3.63) is 70.6 Å². The molecule has 4 aromatic rings. The molecular weight excluding hydrogens is 345 g/mol. The van der Waals surface area contributed by atoms with E-state index in [4.69, 9.17) is 0 Å². The highest BCUT2D eigenvalue weighted by Gasteiger charge is 2.17. The van der Waals surface area contributed by atoms with E-state index >= 15 is 0 Å². The van der Waals surface area contributed by atoms with Crippen LogP contribution < -0.4 is 5.32 Å². The summed E-state index contributed by atoms with van der Waals surface area (Å²) in [5.74, 6) is 0.529. The summed E-state index contributed by atoms with van der Waals surface area (Å²) in [4.78, 5) is 11.0. The zero-order chi connectivity index (χ0) is 18.3. The third kappa shape index (κ3) is 2.95. The van der Waals surface area contributed by atoms with Gasteiger partial charge in [0.15, 0.2) is 0 Å². The molecule has 2 aromatic carbocycles. The van der Waals surface area contributed by atoms with Crippen LogP contribution in [-0.2, 0) is 0 Å². The molecule has 0 amide bonds. The van der Waals surface area contributed by atoms with Crippen molar-refractivity contribution in [3.8, 4) is 11.1 Å². The number of anilines is 2. The molecular formula is C21H18FN3S. The van der Waals surface area contributed by atoms with Crippen molar-refractivity contribution in [2.45, 2.75) is 20.8 Å². The Hall–Kier alpha value is -2.79. The summed E-state index contributed by atoms with van der Waals surface area (Å²) < 4.78 is 13.4. The van der Waals surface area contributed by atoms with Gasteiger partial charge in [0.2, 0.25) is 0 Å². The number of halogens is 1. The van der Waals surface area contributed by atoms with Crippen LogP contribution in [0.3, 0.4) is 0 Å². The molecule has 0 saturated heterocycles. The lowest BCUT2D eigenvalue weighted by atomic mass is 10.0. The molecule has 0 unspecified atom stereocenters. The van der Waals surface area contributed by atoms with E-state index in [1.807, 2.05) is 0 Å². The topological polar surface area (TPSA) is 37.8 Å². The van der Waals surface area contributed by atoms with Gasteiger partial charge in [-0.05, 0) is 50.1 Å². The van der Waals surface area contributed by atoms with Crippen molar-refractivity contribution in [2.75, 3.05) is 5.32 Å². The predicted octanol–water partition coefficient (Wildman–Crippen LogP) is 6.17. The number of fused-ring (bicyclic) bond motifs is 1. The second kappa shape index (κ2) is 6.50. The fourth-order valence-electron chi connectivity index (χ4n) is 3.18. The molecule has 1 N–H and O–H groups in total. The number of nitrogens with zero attached hydrogens (tertiary/aromatic N) is 2.